The van der Waals surface area contributed by atoms with Crippen LogP contribution in [0.2, 0.25) is 0 Å². The molecular weight excluding hydrogens is 182 g/mol. The average Bonchev–Trinajstić information content (AvgIpc) is 2.67. The molecule has 0 radical (unpaired) electrons. The molecule has 0 unspecified atom stereocenters. The summed E-state index contributed by atoms with van der Waals surface area (Å²) in [5.41, 5.74) is 3.26. The van der Waals surface area contributed by atoms with E-state index < -0.39 is 0 Å². The molecule has 0 aliphatic rings. The largest absolute Gasteiger partial charge is 0.296 e. The van der Waals surface area contributed by atoms with Crippen molar-refractivity contribution in [2.24, 2.45) is 0 Å². The minimum atomic E-state index is 0.524. The molecule has 0 N–H and O–H groups in total. The highest BCUT2D eigenvalue weighted by atomic mass is 32.1. The lowest BCUT2D eigenvalue weighted by atomic mass is 10.2. The van der Waals surface area contributed by atoms with E-state index in [9.17, 15) is 4.79 Å². The van der Waals surface area contributed by atoms with Crippen molar-refractivity contribution in [2.45, 2.75) is 0 Å². The van der Waals surface area contributed by atoms with E-state index >= 15 is 0 Å². The summed E-state index contributed by atoms with van der Waals surface area (Å²) in [4.78, 5) is 15.5. The second kappa shape index (κ2) is 3.49. The van der Waals surface area contributed by atoms with Gasteiger partial charge in [-0.2, -0.15) is 0 Å². The van der Waals surface area contributed by atoms with Crippen LogP contribution in [0.3, 0.4) is 0 Å². The predicted octanol–water partition coefficient (Wildman–Crippen LogP) is 2.62. The lowest BCUT2D eigenvalue weighted by Gasteiger charge is -1.95. The Morgan fingerprint density at radius 1 is 1.23 bits per heavy atom. The van der Waals surface area contributed by atoms with E-state index in [1.807, 2.05) is 30.3 Å². The standard InChI is InChI=1S/C10H7NOS/c12-6-9-10(13-7-11-9)8-4-2-1-3-5-8/h1-7H. The third-order valence-corrected chi connectivity index (χ3v) is 2.63. The minimum Gasteiger partial charge on any atom is -0.296 e. The molecule has 1 heterocycles. The molecule has 0 aliphatic heterocycles. The summed E-state index contributed by atoms with van der Waals surface area (Å²) < 4.78 is 0. The average molecular weight is 189 g/mol. The van der Waals surface area contributed by atoms with Crippen molar-refractivity contribution in [1.29, 1.82) is 0 Å². The summed E-state index contributed by atoms with van der Waals surface area (Å²) in [7, 11) is 0. The van der Waals surface area contributed by atoms with Crippen LogP contribution in [0.1, 0.15) is 10.5 Å². The number of hydrogen-bond acceptors (Lipinski definition) is 3. The molecule has 64 valence electrons. The SMILES string of the molecule is O=Cc1ncsc1-c1ccccc1. The normalized spacial score (nSPS) is 9.85. The summed E-state index contributed by atoms with van der Waals surface area (Å²) >= 11 is 1.48. The van der Waals surface area contributed by atoms with Gasteiger partial charge in [-0.05, 0) is 5.56 Å². The van der Waals surface area contributed by atoms with Crippen LogP contribution >= 0.6 is 11.3 Å². The minimum absolute atomic E-state index is 0.524. The van der Waals surface area contributed by atoms with E-state index in [0.29, 0.717) is 5.69 Å². The molecule has 0 saturated heterocycles. The van der Waals surface area contributed by atoms with Crippen LogP contribution in [0.4, 0.5) is 0 Å². The Labute approximate surface area is 79.9 Å². The number of rotatable bonds is 2. The molecule has 0 spiro atoms. The van der Waals surface area contributed by atoms with Gasteiger partial charge in [0, 0.05) is 0 Å². The van der Waals surface area contributed by atoms with Gasteiger partial charge in [-0.3, -0.25) is 4.79 Å². The molecule has 0 fully saturated rings. The fourth-order valence-electron chi connectivity index (χ4n) is 1.14. The van der Waals surface area contributed by atoms with Crippen LogP contribution in [-0.4, -0.2) is 11.3 Å². The first-order chi connectivity index (χ1) is 6.42. The van der Waals surface area contributed by atoms with E-state index in [1.165, 1.54) is 11.3 Å². The Hall–Kier alpha value is -1.48. The van der Waals surface area contributed by atoms with Gasteiger partial charge in [0.25, 0.3) is 0 Å². The van der Waals surface area contributed by atoms with Gasteiger partial charge in [-0.25, -0.2) is 4.98 Å². The molecule has 0 amide bonds. The van der Waals surface area contributed by atoms with Gasteiger partial charge in [-0.15, -0.1) is 11.3 Å². The number of aromatic nitrogens is 1. The summed E-state index contributed by atoms with van der Waals surface area (Å²) in [6.07, 6.45) is 0.791. The van der Waals surface area contributed by atoms with Crippen LogP contribution in [0, 0.1) is 0 Å². The molecule has 3 heteroatoms. The fourth-order valence-corrected chi connectivity index (χ4v) is 1.91. The first-order valence-electron chi connectivity index (χ1n) is 3.86. The highest BCUT2D eigenvalue weighted by Crippen LogP contribution is 2.25. The number of carbonyl (C=O) groups is 1. The second-order valence-electron chi connectivity index (χ2n) is 2.55. The molecule has 0 aliphatic carbocycles. The van der Waals surface area contributed by atoms with E-state index in [4.69, 9.17) is 0 Å². The second-order valence-corrected chi connectivity index (χ2v) is 3.41. The van der Waals surface area contributed by atoms with Crippen LogP contribution in [0.5, 0.6) is 0 Å². The van der Waals surface area contributed by atoms with Gasteiger partial charge in [-0.1, -0.05) is 30.3 Å². The van der Waals surface area contributed by atoms with E-state index in [2.05, 4.69) is 4.98 Å². The van der Waals surface area contributed by atoms with E-state index in [-0.39, 0.29) is 0 Å². The van der Waals surface area contributed by atoms with Gasteiger partial charge in [0.05, 0.1) is 10.4 Å². The Kier molecular flexibility index (Phi) is 2.19. The molecule has 1 aromatic heterocycles. The number of thiazole rings is 1. The quantitative estimate of drug-likeness (QED) is 0.680. The van der Waals surface area contributed by atoms with Crippen molar-refractivity contribution in [3.8, 4) is 10.4 Å². The maximum Gasteiger partial charge on any atom is 0.169 e. The van der Waals surface area contributed by atoms with Gasteiger partial charge in [0.15, 0.2) is 6.29 Å². The molecule has 0 bridgehead atoms. The first kappa shape index (κ1) is 8.13. The van der Waals surface area contributed by atoms with Crippen molar-refractivity contribution in [3.63, 3.8) is 0 Å². The Morgan fingerprint density at radius 3 is 2.69 bits per heavy atom. The highest BCUT2D eigenvalue weighted by molar-refractivity contribution is 7.13. The van der Waals surface area contributed by atoms with Crippen LogP contribution in [0.25, 0.3) is 10.4 Å². The predicted molar refractivity (Wildman–Crippen MR) is 52.9 cm³/mol. The van der Waals surface area contributed by atoms with Crippen molar-refractivity contribution >= 4 is 17.6 Å². The zero-order valence-electron chi connectivity index (χ0n) is 6.81. The van der Waals surface area contributed by atoms with Crippen molar-refractivity contribution in [3.05, 3.63) is 41.5 Å². The number of hydrogen-bond donors (Lipinski definition) is 0. The summed E-state index contributed by atoms with van der Waals surface area (Å²) in [6, 6.07) is 9.79. The number of aldehydes is 1. The molecule has 0 atom stereocenters. The fraction of sp³-hybridized carbons (Fsp3) is 0. The van der Waals surface area contributed by atoms with Crippen molar-refractivity contribution in [2.75, 3.05) is 0 Å². The molecule has 2 nitrogen and oxygen atoms in total. The number of benzene rings is 1. The zero-order valence-corrected chi connectivity index (χ0v) is 7.62. The van der Waals surface area contributed by atoms with E-state index in [1.54, 1.807) is 5.51 Å². The van der Waals surface area contributed by atoms with Crippen LogP contribution < -0.4 is 0 Å². The van der Waals surface area contributed by atoms with Crippen molar-refractivity contribution in [1.82, 2.24) is 4.98 Å². The van der Waals surface area contributed by atoms with Gasteiger partial charge >= 0.3 is 0 Å². The molecule has 2 rings (SSSR count). The molecule has 0 saturated carbocycles. The van der Waals surface area contributed by atoms with Crippen LogP contribution in [-0.2, 0) is 0 Å². The summed E-state index contributed by atoms with van der Waals surface area (Å²) in [6.45, 7) is 0. The summed E-state index contributed by atoms with van der Waals surface area (Å²) in [5, 5.41) is 0. The summed E-state index contributed by atoms with van der Waals surface area (Å²) in [5.74, 6) is 0. The third kappa shape index (κ3) is 1.51. The Bertz CT molecular complexity index is 408. The van der Waals surface area contributed by atoms with Gasteiger partial charge in [0.2, 0.25) is 0 Å². The van der Waals surface area contributed by atoms with Gasteiger partial charge < -0.3 is 0 Å². The lowest BCUT2D eigenvalue weighted by molar-refractivity contribution is 0.112. The topological polar surface area (TPSA) is 30.0 Å². The zero-order chi connectivity index (χ0) is 9.10. The van der Waals surface area contributed by atoms with Crippen molar-refractivity contribution < 1.29 is 4.79 Å². The van der Waals surface area contributed by atoms with Crippen LogP contribution in [0.15, 0.2) is 35.8 Å². The first-order valence-corrected chi connectivity index (χ1v) is 4.74. The third-order valence-electron chi connectivity index (χ3n) is 1.74. The molecule has 1 aromatic carbocycles. The molecule has 2 aromatic rings. The van der Waals surface area contributed by atoms with E-state index in [0.717, 1.165) is 16.7 Å². The monoisotopic (exact) mass is 189 g/mol. The molecule has 13 heavy (non-hydrogen) atoms. The maximum absolute atomic E-state index is 10.6. The lowest BCUT2D eigenvalue weighted by Crippen LogP contribution is -1.82. The highest BCUT2D eigenvalue weighted by Gasteiger charge is 2.05. The molecular formula is C10H7NOS. The van der Waals surface area contributed by atoms with Gasteiger partial charge in [0.1, 0.15) is 5.69 Å². The Morgan fingerprint density at radius 2 is 2.00 bits per heavy atom. The smallest absolute Gasteiger partial charge is 0.169 e. The number of nitrogens with zero attached hydrogens (tertiary/aromatic N) is 1. The number of carbonyl (C=O) groups excluding carboxylic acids is 1. The maximum atomic E-state index is 10.6. The Balaban J connectivity index is 2.52.